The molecule has 0 saturated heterocycles. The molecule has 9 heteroatoms. The second-order valence-electron chi connectivity index (χ2n) is 8.25. The summed E-state index contributed by atoms with van der Waals surface area (Å²) in [5, 5.41) is 2.77. The number of methoxy groups -OCH3 is 1. The minimum atomic E-state index is -3.90. The Bertz CT molecular complexity index is 1310. The Balaban J connectivity index is 1.47. The van der Waals surface area contributed by atoms with Crippen LogP contribution in [0.25, 0.3) is 0 Å². The Kier molecular flexibility index (Phi) is 7.16. The van der Waals surface area contributed by atoms with Gasteiger partial charge in [-0.25, -0.2) is 8.42 Å². The van der Waals surface area contributed by atoms with Gasteiger partial charge in [0.25, 0.3) is 15.9 Å². The van der Waals surface area contributed by atoms with Gasteiger partial charge in [0.2, 0.25) is 0 Å². The van der Waals surface area contributed by atoms with E-state index >= 15 is 0 Å². The van der Waals surface area contributed by atoms with E-state index in [1.54, 1.807) is 55.6 Å². The number of fused-ring (bicyclic) bond motifs is 1. The Morgan fingerprint density at radius 2 is 1.74 bits per heavy atom. The number of benzene rings is 3. The Morgan fingerprint density at radius 3 is 2.49 bits per heavy atom. The van der Waals surface area contributed by atoms with Crippen LogP contribution in [0.4, 0.5) is 5.69 Å². The monoisotopic (exact) mass is 496 g/mol. The lowest BCUT2D eigenvalue weighted by Gasteiger charge is -2.35. The average molecular weight is 497 g/mol. The van der Waals surface area contributed by atoms with Crippen LogP contribution in [-0.4, -0.2) is 47.2 Å². The predicted molar refractivity (Wildman–Crippen MR) is 133 cm³/mol. The number of sulfonamides is 1. The topological polar surface area (TPSA) is 94.2 Å². The first-order valence-electron chi connectivity index (χ1n) is 11.2. The Hall–Kier alpha value is -3.72. The fourth-order valence-corrected chi connectivity index (χ4v) is 5.19. The number of hydrogen-bond acceptors (Lipinski definition) is 6. The Morgan fingerprint density at radius 1 is 1.03 bits per heavy atom. The summed E-state index contributed by atoms with van der Waals surface area (Å²) in [6, 6.07) is 19.0. The van der Waals surface area contributed by atoms with Crippen LogP contribution in [0.2, 0.25) is 0 Å². The molecule has 4 rings (SSSR count). The zero-order valence-corrected chi connectivity index (χ0v) is 20.7. The third-order valence-electron chi connectivity index (χ3n) is 5.60. The molecule has 0 aliphatic carbocycles. The lowest BCUT2D eigenvalue weighted by atomic mass is 10.1. The van der Waals surface area contributed by atoms with Gasteiger partial charge in [0.1, 0.15) is 23.9 Å². The van der Waals surface area contributed by atoms with Gasteiger partial charge in [-0.15, -0.1) is 0 Å². The fourth-order valence-electron chi connectivity index (χ4n) is 3.71. The molecule has 3 aromatic rings. The average Bonchev–Trinajstić information content (AvgIpc) is 2.86. The van der Waals surface area contributed by atoms with E-state index in [0.29, 0.717) is 22.9 Å². The highest BCUT2D eigenvalue weighted by atomic mass is 32.2. The first-order valence-corrected chi connectivity index (χ1v) is 12.6. The van der Waals surface area contributed by atoms with Crippen LogP contribution in [-0.2, 0) is 14.8 Å². The number of hydrogen-bond donors (Lipinski definition) is 1. The molecule has 3 aromatic carbocycles. The summed E-state index contributed by atoms with van der Waals surface area (Å²) < 4.78 is 45.0. The van der Waals surface area contributed by atoms with Crippen molar-refractivity contribution in [3.8, 4) is 17.2 Å². The molecule has 0 spiro atoms. The summed E-state index contributed by atoms with van der Waals surface area (Å²) >= 11 is 0. The molecule has 1 aliphatic rings. The van der Waals surface area contributed by atoms with Gasteiger partial charge in [-0.2, -0.15) is 0 Å². The number of rotatable bonds is 8. The van der Waals surface area contributed by atoms with Crippen LogP contribution in [0, 0.1) is 13.8 Å². The number of ether oxygens (including phenoxy) is 3. The summed E-state index contributed by atoms with van der Waals surface area (Å²) in [5.41, 5.74) is 2.25. The molecule has 0 radical (unpaired) electrons. The highest BCUT2D eigenvalue weighted by Crippen LogP contribution is 2.37. The smallest absolute Gasteiger partial charge is 0.264 e. The molecule has 1 amide bonds. The van der Waals surface area contributed by atoms with Crippen molar-refractivity contribution in [1.29, 1.82) is 0 Å². The number of nitrogens with zero attached hydrogens (tertiary/aromatic N) is 1. The van der Waals surface area contributed by atoms with Gasteiger partial charge >= 0.3 is 0 Å². The van der Waals surface area contributed by atoms with Gasteiger partial charge in [-0.3, -0.25) is 9.10 Å². The van der Waals surface area contributed by atoms with Crippen molar-refractivity contribution < 1.29 is 27.4 Å². The van der Waals surface area contributed by atoms with Crippen molar-refractivity contribution in [2.24, 2.45) is 0 Å². The largest absolute Gasteiger partial charge is 0.497 e. The minimum absolute atomic E-state index is 0.144. The summed E-state index contributed by atoms with van der Waals surface area (Å²) in [6.07, 6.45) is -1.01. The van der Waals surface area contributed by atoms with E-state index in [4.69, 9.17) is 14.2 Å². The minimum Gasteiger partial charge on any atom is -0.497 e. The normalized spacial score (nSPS) is 15.1. The van der Waals surface area contributed by atoms with E-state index in [2.05, 4.69) is 5.32 Å². The standard InChI is InChI=1S/C26H28N2O6S/c1-18-7-10-22(11-8-18)35(30,31)28-17-25(34-24-15-19(2)9-12-23(24)28)26(29)27-13-14-33-21-6-4-5-20(16-21)32-3/h4-12,15-16,25H,13-14,17H2,1-3H3,(H,27,29)/t25-/m1/s1. The molecule has 0 bridgehead atoms. The molecule has 1 N–H and O–H groups in total. The van der Waals surface area contributed by atoms with E-state index in [9.17, 15) is 13.2 Å². The van der Waals surface area contributed by atoms with Gasteiger partial charge in [0.05, 0.1) is 30.8 Å². The van der Waals surface area contributed by atoms with Crippen molar-refractivity contribution in [2.45, 2.75) is 24.8 Å². The number of nitrogens with one attached hydrogen (secondary N) is 1. The van der Waals surface area contributed by atoms with E-state index in [1.807, 2.05) is 32.0 Å². The fraction of sp³-hybridized carbons (Fsp3) is 0.269. The van der Waals surface area contributed by atoms with Crippen molar-refractivity contribution in [1.82, 2.24) is 5.32 Å². The second kappa shape index (κ2) is 10.3. The molecule has 0 saturated carbocycles. The van der Waals surface area contributed by atoms with E-state index in [-0.39, 0.29) is 24.6 Å². The van der Waals surface area contributed by atoms with E-state index in [1.165, 1.54) is 4.31 Å². The predicted octanol–water partition coefficient (Wildman–Crippen LogP) is 3.46. The summed E-state index contributed by atoms with van der Waals surface area (Å²) in [5.74, 6) is 1.22. The second-order valence-corrected chi connectivity index (χ2v) is 10.1. The van der Waals surface area contributed by atoms with Gasteiger partial charge < -0.3 is 19.5 Å². The zero-order chi connectivity index (χ0) is 25.0. The van der Waals surface area contributed by atoms with Crippen molar-refractivity contribution in [3.05, 3.63) is 77.9 Å². The molecule has 35 heavy (non-hydrogen) atoms. The zero-order valence-electron chi connectivity index (χ0n) is 19.9. The molecule has 0 fully saturated rings. The first-order chi connectivity index (χ1) is 16.8. The van der Waals surface area contributed by atoms with E-state index in [0.717, 1.165) is 11.1 Å². The molecule has 1 aliphatic heterocycles. The van der Waals surface area contributed by atoms with Crippen LogP contribution in [0.5, 0.6) is 17.2 Å². The third kappa shape index (κ3) is 5.51. The number of anilines is 1. The molecular weight excluding hydrogens is 468 g/mol. The molecule has 1 heterocycles. The van der Waals surface area contributed by atoms with Crippen LogP contribution in [0.1, 0.15) is 11.1 Å². The molecule has 0 aromatic heterocycles. The quantitative estimate of drug-likeness (QED) is 0.480. The van der Waals surface area contributed by atoms with Gasteiger partial charge in [0, 0.05) is 6.07 Å². The highest BCUT2D eigenvalue weighted by Gasteiger charge is 2.37. The van der Waals surface area contributed by atoms with E-state index < -0.39 is 22.0 Å². The summed E-state index contributed by atoms with van der Waals surface area (Å²) in [4.78, 5) is 13.1. The molecule has 184 valence electrons. The SMILES string of the molecule is COc1cccc(OCCNC(=O)[C@H]2CN(S(=O)(=O)c3ccc(C)cc3)c3ccc(C)cc3O2)c1. The van der Waals surface area contributed by atoms with Crippen LogP contribution in [0.15, 0.2) is 71.6 Å². The number of aryl methyl sites for hydroxylation is 2. The first kappa shape index (κ1) is 24.4. The number of carbonyl (C=O) groups is 1. The molecular formula is C26H28N2O6S. The lowest BCUT2D eigenvalue weighted by Crippen LogP contribution is -2.51. The van der Waals surface area contributed by atoms with Crippen molar-refractivity contribution in [3.63, 3.8) is 0 Å². The van der Waals surface area contributed by atoms with Crippen molar-refractivity contribution >= 4 is 21.6 Å². The van der Waals surface area contributed by atoms with Crippen LogP contribution in [0.3, 0.4) is 0 Å². The van der Waals surface area contributed by atoms with Crippen molar-refractivity contribution in [2.75, 3.05) is 31.1 Å². The third-order valence-corrected chi connectivity index (χ3v) is 7.39. The lowest BCUT2D eigenvalue weighted by molar-refractivity contribution is -0.127. The molecule has 0 unspecified atom stereocenters. The number of amides is 1. The maximum atomic E-state index is 13.5. The van der Waals surface area contributed by atoms with Gasteiger partial charge in [-0.1, -0.05) is 29.8 Å². The van der Waals surface area contributed by atoms with Crippen LogP contribution >= 0.6 is 0 Å². The molecule has 1 atom stereocenters. The molecule has 8 nitrogen and oxygen atoms in total. The Labute approximate surface area is 205 Å². The maximum absolute atomic E-state index is 13.5. The van der Waals surface area contributed by atoms with Gasteiger partial charge in [-0.05, 0) is 55.8 Å². The summed E-state index contributed by atoms with van der Waals surface area (Å²) in [6.45, 7) is 4.08. The highest BCUT2D eigenvalue weighted by molar-refractivity contribution is 7.92. The summed E-state index contributed by atoms with van der Waals surface area (Å²) in [7, 11) is -2.33. The number of carbonyl (C=O) groups excluding carboxylic acids is 1. The van der Waals surface area contributed by atoms with Gasteiger partial charge in [0.15, 0.2) is 6.10 Å². The maximum Gasteiger partial charge on any atom is 0.264 e. The van der Waals surface area contributed by atoms with Crippen LogP contribution < -0.4 is 23.8 Å².